The zero-order chi connectivity index (χ0) is 29.5. The average molecular weight is 588 g/mol. The van der Waals surface area contributed by atoms with Crippen molar-refractivity contribution in [2.24, 2.45) is 0 Å². The lowest BCUT2D eigenvalue weighted by molar-refractivity contribution is -0.123. The molecular weight excluding hydrogens is 550 g/mol. The Morgan fingerprint density at radius 2 is 1.55 bits per heavy atom. The molecule has 1 saturated carbocycles. The van der Waals surface area contributed by atoms with Crippen molar-refractivity contribution in [2.75, 3.05) is 10.0 Å². The molecule has 42 heavy (non-hydrogen) atoms. The van der Waals surface area contributed by atoms with Gasteiger partial charge in [0.05, 0.1) is 4.90 Å². The Morgan fingerprint density at radius 3 is 2.26 bits per heavy atom. The molecule has 0 spiro atoms. The van der Waals surface area contributed by atoms with Crippen molar-refractivity contribution in [1.82, 2.24) is 15.6 Å². The number of benzene rings is 3. The van der Waals surface area contributed by atoms with Gasteiger partial charge in [0.1, 0.15) is 6.04 Å². The zero-order valence-electron chi connectivity index (χ0n) is 23.7. The molecule has 0 unspecified atom stereocenters. The number of carbonyl (C=O) groups excluding carboxylic acids is 2. The van der Waals surface area contributed by atoms with Crippen LogP contribution in [0.1, 0.15) is 49.7 Å². The Kier molecular flexibility index (Phi) is 9.12. The van der Waals surface area contributed by atoms with Crippen molar-refractivity contribution in [3.63, 3.8) is 0 Å². The van der Waals surface area contributed by atoms with Crippen LogP contribution in [0, 0.1) is 6.92 Å². The third kappa shape index (κ3) is 7.50. The Labute approximate surface area is 246 Å². The van der Waals surface area contributed by atoms with Crippen LogP contribution in [0.5, 0.6) is 0 Å². The minimum atomic E-state index is -3.74. The topological polar surface area (TPSA) is 132 Å². The number of hydrogen-bond donors (Lipinski definition) is 5. The van der Waals surface area contributed by atoms with Gasteiger partial charge < -0.3 is 20.9 Å². The number of fused-ring (bicyclic) bond motifs is 1. The summed E-state index contributed by atoms with van der Waals surface area (Å²) in [5.74, 6) is -0.205. The maximum atomic E-state index is 13.5. The smallest absolute Gasteiger partial charge is 0.319 e. The molecule has 3 amide bonds. The number of nitrogens with one attached hydrogen (secondary N) is 5. The molecule has 0 aliphatic heterocycles. The molecule has 5 rings (SSSR count). The van der Waals surface area contributed by atoms with Crippen molar-refractivity contribution < 1.29 is 18.0 Å². The fourth-order valence-electron chi connectivity index (χ4n) is 5.33. The van der Waals surface area contributed by atoms with E-state index in [1.54, 1.807) is 48.5 Å². The summed E-state index contributed by atoms with van der Waals surface area (Å²) in [4.78, 5) is 29.9. The van der Waals surface area contributed by atoms with Crippen molar-refractivity contribution in [2.45, 2.75) is 68.8 Å². The second-order valence-corrected chi connectivity index (χ2v) is 12.6. The van der Waals surface area contributed by atoms with Crippen LogP contribution >= 0.6 is 0 Å². The summed E-state index contributed by atoms with van der Waals surface area (Å²) in [5.41, 5.74) is 3.70. The van der Waals surface area contributed by atoms with Crippen molar-refractivity contribution in [3.05, 3.63) is 90.1 Å². The van der Waals surface area contributed by atoms with E-state index in [1.807, 2.05) is 37.4 Å². The molecule has 3 aromatic carbocycles. The van der Waals surface area contributed by atoms with Crippen LogP contribution in [-0.2, 0) is 21.2 Å². The van der Waals surface area contributed by atoms with Crippen LogP contribution in [0.25, 0.3) is 10.9 Å². The first-order chi connectivity index (χ1) is 20.3. The quantitative estimate of drug-likeness (QED) is 0.157. The predicted molar refractivity (Wildman–Crippen MR) is 166 cm³/mol. The number of sulfonamides is 1. The Morgan fingerprint density at radius 1 is 0.881 bits per heavy atom. The number of carbonyl (C=O) groups is 2. The maximum Gasteiger partial charge on any atom is 0.319 e. The highest BCUT2D eigenvalue weighted by Crippen LogP contribution is 2.22. The monoisotopic (exact) mass is 587 g/mol. The van der Waals surface area contributed by atoms with Crippen LogP contribution < -0.4 is 20.7 Å². The van der Waals surface area contributed by atoms with Gasteiger partial charge in [-0.05, 0) is 67.8 Å². The molecule has 0 radical (unpaired) electrons. The predicted octanol–water partition coefficient (Wildman–Crippen LogP) is 5.85. The molecule has 5 N–H and O–H groups in total. The lowest BCUT2D eigenvalue weighted by atomic mass is 10.0. The highest BCUT2D eigenvalue weighted by Gasteiger charge is 2.25. The minimum Gasteiger partial charge on any atom is -0.361 e. The molecule has 1 atom stereocenters. The molecule has 9 nitrogen and oxygen atoms in total. The average Bonchev–Trinajstić information content (AvgIpc) is 3.19. The van der Waals surface area contributed by atoms with E-state index >= 15 is 0 Å². The van der Waals surface area contributed by atoms with E-state index in [9.17, 15) is 18.0 Å². The molecule has 4 aromatic rings. The zero-order valence-corrected chi connectivity index (χ0v) is 24.5. The number of anilines is 2. The van der Waals surface area contributed by atoms with E-state index < -0.39 is 22.1 Å². The van der Waals surface area contributed by atoms with E-state index in [-0.39, 0.29) is 16.8 Å². The van der Waals surface area contributed by atoms with Crippen LogP contribution in [-0.4, -0.2) is 37.4 Å². The fourth-order valence-corrected chi connectivity index (χ4v) is 6.39. The third-order valence-corrected chi connectivity index (χ3v) is 9.05. The summed E-state index contributed by atoms with van der Waals surface area (Å²) in [7, 11) is -3.74. The summed E-state index contributed by atoms with van der Waals surface area (Å²) in [6.45, 7) is 1.89. The lowest BCUT2D eigenvalue weighted by Crippen LogP contribution is -2.51. The largest absolute Gasteiger partial charge is 0.361 e. The highest BCUT2D eigenvalue weighted by molar-refractivity contribution is 7.92. The standard InChI is InChI=1S/C32H37N5O4S/c1-22-12-18-27(19-13-22)42(40,41)37-26-16-14-25(15-17-26)35-32(39)36-30(31(38)34-24-8-4-2-3-5-9-24)20-23-21-33-29-11-7-6-10-28(23)29/h6-7,10-19,21,24,30,33,37H,2-5,8-9,20H2,1H3,(H,34,38)(H2,35,36,39)/t30-/m1/s1. The number of amides is 3. The summed E-state index contributed by atoms with van der Waals surface area (Å²) in [6.07, 6.45) is 8.63. The molecule has 1 aromatic heterocycles. The van der Waals surface area contributed by atoms with Crippen LogP contribution in [0.4, 0.5) is 16.2 Å². The first kappa shape index (κ1) is 29.2. The molecule has 1 heterocycles. The second kappa shape index (κ2) is 13.1. The normalized spacial score (nSPS) is 15.0. The lowest BCUT2D eigenvalue weighted by Gasteiger charge is -2.23. The first-order valence-corrected chi connectivity index (χ1v) is 15.9. The number of rotatable bonds is 9. The van der Waals surface area contributed by atoms with Crippen LogP contribution in [0.3, 0.4) is 0 Å². The van der Waals surface area contributed by atoms with Gasteiger partial charge in [-0.2, -0.15) is 0 Å². The van der Waals surface area contributed by atoms with E-state index in [1.165, 1.54) is 12.8 Å². The van der Waals surface area contributed by atoms with Gasteiger partial charge in [-0.25, -0.2) is 13.2 Å². The Balaban J connectivity index is 1.25. The number of urea groups is 1. The third-order valence-electron chi connectivity index (χ3n) is 7.65. The van der Waals surface area contributed by atoms with E-state index in [2.05, 4.69) is 25.7 Å². The van der Waals surface area contributed by atoms with Crippen LogP contribution in [0.2, 0.25) is 0 Å². The van der Waals surface area contributed by atoms with Gasteiger partial charge in [0.15, 0.2) is 0 Å². The maximum absolute atomic E-state index is 13.5. The number of aryl methyl sites for hydroxylation is 1. The minimum absolute atomic E-state index is 0.103. The van der Waals surface area contributed by atoms with E-state index in [4.69, 9.17) is 0 Å². The summed E-state index contributed by atoms with van der Waals surface area (Å²) >= 11 is 0. The van der Waals surface area contributed by atoms with E-state index in [0.717, 1.165) is 47.7 Å². The van der Waals surface area contributed by atoms with Crippen molar-refractivity contribution in [1.29, 1.82) is 0 Å². The van der Waals surface area contributed by atoms with Gasteiger partial charge in [-0.1, -0.05) is 61.6 Å². The van der Waals surface area contributed by atoms with E-state index in [0.29, 0.717) is 17.8 Å². The van der Waals surface area contributed by atoms with Gasteiger partial charge in [0.25, 0.3) is 10.0 Å². The molecular formula is C32H37N5O4S. The summed E-state index contributed by atoms with van der Waals surface area (Å²) in [5, 5.41) is 9.82. The molecule has 1 fully saturated rings. The van der Waals surface area contributed by atoms with Gasteiger partial charge in [-0.15, -0.1) is 0 Å². The van der Waals surface area contributed by atoms with Gasteiger partial charge in [0, 0.05) is 40.9 Å². The molecule has 0 bridgehead atoms. The summed E-state index contributed by atoms with van der Waals surface area (Å²) in [6, 6.07) is 19.6. The molecule has 1 aliphatic rings. The van der Waals surface area contributed by atoms with Crippen molar-refractivity contribution in [3.8, 4) is 0 Å². The van der Waals surface area contributed by atoms with Crippen molar-refractivity contribution >= 4 is 44.2 Å². The number of para-hydroxylation sites is 1. The molecule has 1 aliphatic carbocycles. The number of H-pyrrole nitrogens is 1. The molecule has 10 heteroatoms. The fraction of sp³-hybridized carbons (Fsp3) is 0.312. The number of aromatic nitrogens is 1. The number of hydrogen-bond acceptors (Lipinski definition) is 4. The molecule has 0 saturated heterocycles. The number of aromatic amines is 1. The first-order valence-electron chi connectivity index (χ1n) is 14.4. The summed E-state index contributed by atoms with van der Waals surface area (Å²) < 4.78 is 28.0. The Bertz CT molecular complexity index is 1620. The highest BCUT2D eigenvalue weighted by atomic mass is 32.2. The second-order valence-electron chi connectivity index (χ2n) is 10.9. The van der Waals surface area contributed by atoms with Gasteiger partial charge in [-0.3, -0.25) is 9.52 Å². The molecule has 220 valence electrons. The van der Waals surface area contributed by atoms with Gasteiger partial charge >= 0.3 is 6.03 Å². The van der Waals surface area contributed by atoms with Crippen LogP contribution in [0.15, 0.2) is 83.9 Å². The SMILES string of the molecule is Cc1ccc(S(=O)(=O)Nc2ccc(NC(=O)N[C@H](Cc3c[nH]c4ccccc34)C(=O)NC3CCCCCC3)cc2)cc1. The van der Waals surface area contributed by atoms with Gasteiger partial charge in [0.2, 0.25) is 5.91 Å². The Hall–Kier alpha value is -4.31.